The van der Waals surface area contributed by atoms with Crippen LogP contribution < -0.4 is 5.73 Å². The van der Waals surface area contributed by atoms with E-state index in [2.05, 4.69) is 27.7 Å². The third-order valence-corrected chi connectivity index (χ3v) is 5.03. The standard InChI is InChI=1S/C11H13IN4O2S/c1-15(2)19(17,18)10-5-3-4-9(11(10)13)16-7-8(12)6-14-16/h3-7H,13H2,1-2H3. The summed E-state index contributed by atoms with van der Waals surface area (Å²) in [6.45, 7) is 0. The van der Waals surface area contributed by atoms with E-state index in [0.717, 1.165) is 7.88 Å². The molecule has 0 aliphatic carbocycles. The molecule has 19 heavy (non-hydrogen) atoms. The highest BCUT2D eigenvalue weighted by molar-refractivity contribution is 14.1. The van der Waals surface area contributed by atoms with Crippen molar-refractivity contribution in [3.8, 4) is 5.69 Å². The maximum absolute atomic E-state index is 12.2. The van der Waals surface area contributed by atoms with Crippen molar-refractivity contribution in [3.63, 3.8) is 0 Å². The van der Waals surface area contributed by atoms with Crippen LogP contribution in [-0.2, 0) is 10.0 Å². The van der Waals surface area contributed by atoms with E-state index in [1.54, 1.807) is 29.2 Å². The number of para-hydroxylation sites is 1. The molecule has 8 heteroatoms. The van der Waals surface area contributed by atoms with Crippen LogP contribution in [0.5, 0.6) is 0 Å². The molecule has 6 nitrogen and oxygen atoms in total. The molecule has 1 heterocycles. The monoisotopic (exact) mass is 392 g/mol. The second-order valence-electron chi connectivity index (χ2n) is 4.08. The second kappa shape index (κ2) is 5.10. The largest absolute Gasteiger partial charge is 0.396 e. The SMILES string of the molecule is CN(C)S(=O)(=O)c1cccc(-n2cc(I)cn2)c1N. The molecule has 0 atom stereocenters. The number of sulfonamides is 1. The van der Waals surface area contributed by atoms with Gasteiger partial charge in [0.1, 0.15) is 4.90 Å². The zero-order valence-corrected chi connectivity index (χ0v) is 13.4. The molecule has 2 N–H and O–H groups in total. The van der Waals surface area contributed by atoms with Gasteiger partial charge in [-0.3, -0.25) is 0 Å². The van der Waals surface area contributed by atoms with E-state index in [-0.39, 0.29) is 10.6 Å². The Morgan fingerprint density at radius 1 is 1.37 bits per heavy atom. The predicted octanol–water partition coefficient (Wildman–Crippen LogP) is 1.31. The lowest BCUT2D eigenvalue weighted by molar-refractivity contribution is 0.521. The molecule has 1 aromatic heterocycles. The first-order chi connectivity index (χ1) is 8.84. The van der Waals surface area contributed by atoms with Gasteiger partial charge < -0.3 is 5.73 Å². The Hall–Kier alpha value is -1.13. The Morgan fingerprint density at radius 2 is 2.05 bits per heavy atom. The van der Waals surface area contributed by atoms with Gasteiger partial charge in [0.25, 0.3) is 0 Å². The number of hydrogen-bond acceptors (Lipinski definition) is 4. The summed E-state index contributed by atoms with van der Waals surface area (Å²) < 4.78 is 28.0. The van der Waals surface area contributed by atoms with Gasteiger partial charge in [-0.25, -0.2) is 17.4 Å². The summed E-state index contributed by atoms with van der Waals surface area (Å²) in [5, 5.41) is 4.14. The highest BCUT2D eigenvalue weighted by Crippen LogP contribution is 2.27. The molecular weight excluding hydrogens is 379 g/mol. The van der Waals surface area contributed by atoms with Crippen LogP contribution >= 0.6 is 22.6 Å². The van der Waals surface area contributed by atoms with Gasteiger partial charge >= 0.3 is 0 Å². The van der Waals surface area contributed by atoms with Gasteiger partial charge in [0, 0.05) is 20.3 Å². The van der Waals surface area contributed by atoms with Gasteiger partial charge in [0.2, 0.25) is 10.0 Å². The lowest BCUT2D eigenvalue weighted by Crippen LogP contribution is -2.23. The molecule has 0 spiro atoms. The van der Waals surface area contributed by atoms with Crippen LogP contribution in [0.4, 0.5) is 5.69 Å². The first-order valence-corrected chi connectivity index (χ1v) is 7.87. The molecule has 0 saturated heterocycles. The molecule has 2 rings (SSSR count). The van der Waals surface area contributed by atoms with E-state index in [9.17, 15) is 8.42 Å². The fourth-order valence-electron chi connectivity index (χ4n) is 1.59. The summed E-state index contributed by atoms with van der Waals surface area (Å²) in [6.07, 6.45) is 3.45. The van der Waals surface area contributed by atoms with Crippen LogP contribution in [0.2, 0.25) is 0 Å². The highest BCUT2D eigenvalue weighted by atomic mass is 127. The normalized spacial score (nSPS) is 12.0. The van der Waals surface area contributed by atoms with Crippen LogP contribution in [0.15, 0.2) is 35.5 Å². The number of halogens is 1. The quantitative estimate of drug-likeness (QED) is 0.631. The van der Waals surface area contributed by atoms with E-state index < -0.39 is 10.0 Å². The number of benzene rings is 1. The van der Waals surface area contributed by atoms with E-state index >= 15 is 0 Å². The smallest absolute Gasteiger partial charge is 0.244 e. The van der Waals surface area contributed by atoms with Crippen molar-refractivity contribution in [2.45, 2.75) is 4.90 Å². The predicted molar refractivity (Wildman–Crippen MR) is 81.6 cm³/mol. The number of rotatable bonds is 3. The lowest BCUT2D eigenvalue weighted by atomic mass is 10.3. The molecule has 0 saturated carbocycles. The zero-order valence-electron chi connectivity index (χ0n) is 10.4. The average Bonchev–Trinajstić information content (AvgIpc) is 2.75. The number of nitrogen functional groups attached to an aromatic ring is 1. The van der Waals surface area contributed by atoms with Crippen molar-refractivity contribution in [1.82, 2.24) is 14.1 Å². The van der Waals surface area contributed by atoms with Crippen LogP contribution in [0.25, 0.3) is 5.69 Å². The minimum atomic E-state index is -3.57. The Bertz CT molecular complexity index is 709. The maximum atomic E-state index is 12.2. The van der Waals surface area contributed by atoms with Crippen LogP contribution in [0.3, 0.4) is 0 Å². The van der Waals surface area contributed by atoms with Crippen molar-refractivity contribution in [2.75, 3.05) is 19.8 Å². The molecule has 0 fully saturated rings. The Kier molecular flexibility index (Phi) is 3.83. The number of nitrogens with two attached hydrogens (primary N) is 1. The van der Waals surface area contributed by atoms with Gasteiger partial charge in [-0.2, -0.15) is 5.10 Å². The summed E-state index contributed by atoms with van der Waals surface area (Å²) in [5.74, 6) is 0. The molecule has 0 radical (unpaired) electrons. The summed E-state index contributed by atoms with van der Waals surface area (Å²) in [4.78, 5) is 0.0838. The molecule has 0 aliphatic heterocycles. The van der Waals surface area contributed by atoms with Crippen molar-refractivity contribution >= 4 is 38.3 Å². The second-order valence-corrected chi connectivity index (χ2v) is 7.45. The fraction of sp³-hybridized carbons (Fsp3) is 0.182. The molecule has 0 aliphatic rings. The van der Waals surface area contributed by atoms with Gasteiger partial charge in [0.15, 0.2) is 0 Å². The molecule has 1 aromatic carbocycles. The fourth-order valence-corrected chi connectivity index (χ4v) is 3.00. The lowest BCUT2D eigenvalue weighted by Gasteiger charge is -2.15. The number of nitrogens with zero attached hydrogens (tertiary/aromatic N) is 3. The number of aromatic nitrogens is 2. The van der Waals surface area contributed by atoms with Crippen LogP contribution in [-0.4, -0.2) is 36.6 Å². The van der Waals surface area contributed by atoms with Crippen molar-refractivity contribution in [2.24, 2.45) is 0 Å². The average molecular weight is 392 g/mol. The maximum Gasteiger partial charge on any atom is 0.244 e. The first kappa shape index (κ1) is 14.3. The van der Waals surface area contributed by atoms with E-state index in [1.165, 1.54) is 20.2 Å². The molecule has 102 valence electrons. The van der Waals surface area contributed by atoms with Crippen LogP contribution in [0, 0.1) is 3.57 Å². The molecule has 0 amide bonds. The Balaban J connectivity index is 2.63. The third-order valence-electron chi connectivity index (χ3n) is 2.60. The van der Waals surface area contributed by atoms with Crippen molar-refractivity contribution in [1.29, 1.82) is 0 Å². The third kappa shape index (κ3) is 2.60. The molecule has 0 bridgehead atoms. The summed E-state index contributed by atoms with van der Waals surface area (Å²) in [5.41, 5.74) is 6.72. The van der Waals surface area contributed by atoms with Crippen molar-refractivity contribution < 1.29 is 8.42 Å². The minimum Gasteiger partial charge on any atom is -0.396 e. The Morgan fingerprint density at radius 3 is 2.58 bits per heavy atom. The topological polar surface area (TPSA) is 81.2 Å². The van der Waals surface area contributed by atoms with Gasteiger partial charge in [0.05, 0.1) is 21.1 Å². The highest BCUT2D eigenvalue weighted by Gasteiger charge is 2.22. The molecular formula is C11H13IN4O2S. The van der Waals surface area contributed by atoms with Gasteiger partial charge in [-0.1, -0.05) is 6.07 Å². The Labute approximate surface area is 125 Å². The summed E-state index contributed by atoms with van der Waals surface area (Å²) >= 11 is 2.12. The zero-order chi connectivity index (χ0) is 14.2. The molecule has 2 aromatic rings. The van der Waals surface area contributed by atoms with Gasteiger partial charge in [-0.15, -0.1) is 0 Å². The van der Waals surface area contributed by atoms with E-state index in [1.807, 2.05) is 0 Å². The first-order valence-electron chi connectivity index (χ1n) is 5.35. The van der Waals surface area contributed by atoms with Crippen molar-refractivity contribution in [3.05, 3.63) is 34.2 Å². The van der Waals surface area contributed by atoms with E-state index in [4.69, 9.17) is 5.73 Å². The number of anilines is 1. The van der Waals surface area contributed by atoms with Crippen LogP contribution in [0.1, 0.15) is 0 Å². The molecule has 0 unspecified atom stereocenters. The van der Waals surface area contributed by atoms with E-state index in [0.29, 0.717) is 5.69 Å². The summed E-state index contributed by atoms with van der Waals surface area (Å²) in [6, 6.07) is 4.87. The minimum absolute atomic E-state index is 0.0838. The van der Waals surface area contributed by atoms with Gasteiger partial charge in [-0.05, 0) is 34.7 Å². The number of hydrogen-bond donors (Lipinski definition) is 1. The summed E-state index contributed by atoms with van der Waals surface area (Å²) in [7, 11) is -0.625.